The van der Waals surface area contributed by atoms with E-state index >= 15 is 0 Å². The van der Waals surface area contributed by atoms with Gasteiger partial charge >= 0.3 is 11.9 Å². The molecule has 0 N–H and O–H groups in total. The topological polar surface area (TPSA) is 72.9 Å². The number of ether oxygens (including phenoxy) is 2. The minimum absolute atomic E-state index is 0.0631. The minimum atomic E-state index is -0.373. The van der Waals surface area contributed by atoms with E-state index in [0.717, 1.165) is 0 Å². The van der Waals surface area contributed by atoms with E-state index in [2.05, 4.69) is 0 Å². The van der Waals surface area contributed by atoms with E-state index in [9.17, 15) is 14.4 Å². The minimum Gasteiger partial charge on any atom is -0.466 e. The number of carbonyl (C=O) groups is 3. The SMILES string of the molecule is CCOC(=O)CC1CN(CC(=O)OCC)CCC1=O. The molecule has 6 heteroatoms. The molecule has 1 unspecified atom stereocenters. The van der Waals surface area contributed by atoms with E-state index in [0.29, 0.717) is 32.7 Å². The molecule has 19 heavy (non-hydrogen) atoms. The number of hydrogen-bond donors (Lipinski definition) is 0. The Balaban J connectivity index is 2.46. The molecule has 1 heterocycles. The molecule has 6 nitrogen and oxygen atoms in total. The molecule has 1 atom stereocenters. The molecular formula is C13H21NO5. The van der Waals surface area contributed by atoms with Gasteiger partial charge < -0.3 is 9.47 Å². The van der Waals surface area contributed by atoms with Gasteiger partial charge in [0.2, 0.25) is 0 Å². The van der Waals surface area contributed by atoms with Crippen LogP contribution < -0.4 is 0 Å². The molecule has 0 aliphatic carbocycles. The lowest BCUT2D eigenvalue weighted by Gasteiger charge is -2.30. The first-order valence-corrected chi connectivity index (χ1v) is 6.63. The van der Waals surface area contributed by atoms with Gasteiger partial charge in [-0.25, -0.2) is 0 Å². The second-order valence-electron chi connectivity index (χ2n) is 4.46. The van der Waals surface area contributed by atoms with Gasteiger partial charge in [-0.2, -0.15) is 0 Å². The summed E-state index contributed by atoms with van der Waals surface area (Å²) in [5.41, 5.74) is 0. The van der Waals surface area contributed by atoms with Gasteiger partial charge in [0.1, 0.15) is 5.78 Å². The second-order valence-corrected chi connectivity index (χ2v) is 4.46. The molecule has 1 rings (SSSR count). The Morgan fingerprint density at radius 3 is 2.47 bits per heavy atom. The zero-order valence-corrected chi connectivity index (χ0v) is 11.5. The third-order valence-electron chi connectivity index (χ3n) is 2.98. The fourth-order valence-corrected chi connectivity index (χ4v) is 2.11. The van der Waals surface area contributed by atoms with Gasteiger partial charge in [-0.05, 0) is 13.8 Å². The fraction of sp³-hybridized carbons (Fsp3) is 0.769. The van der Waals surface area contributed by atoms with Crippen molar-refractivity contribution in [1.29, 1.82) is 0 Å². The molecule has 0 saturated carbocycles. The lowest BCUT2D eigenvalue weighted by molar-refractivity contribution is -0.148. The van der Waals surface area contributed by atoms with Crippen molar-refractivity contribution in [3.8, 4) is 0 Å². The normalized spacial score (nSPS) is 20.1. The Kier molecular flexibility index (Phi) is 6.49. The number of ketones is 1. The van der Waals surface area contributed by atoms with E-state index < -0.39 is 0 Å². The molecule has 1 aliphatic rings. The van der Waals surface area contributed by atoms with Crippen LogP contribution in [0.1, 0.15) is 26.7 Å². The quantitative estimate of drug-likeness (QED) is 0.651. The molecule has 1 fully saturated rings. The average molecular weight is 271 g/mol. The van der Waals surface area contributed by atoms with Crippen molar-refractivity contribution in [2.24, 2.45) is 5.92 Å². The third kappa shape index (κ3) is 5.38. The van der Waals surface area contributed by atoms with Gasteiger partial charge in [0.15, 0.2) is 0 Å². The van der Waals surface area contributed by atoms with Crippen LogP contribution in [-0.2, 0) is 23.9 Å². The number of esters is 2. The highest BCUT2D eigenvalue weighted by molar-refractivity contribution is 5.86. The summed E-state index contributed by atoms with van der Waals surface area (Å²) in [6.45, 7) is 5.26. The Bertz CT molecular complexity index is 342. The first-order chi connectivity index (χ1) is 9.06. The highest BCUT2D eigenvalue weighted by Crippen LogP contribution is 2.17. The largest absolute Gasteiger partial charge is 0.466 e. The molecule has 0 aromatic heterocycles. The molecule has 0 bridgehead atoms. The molecule has 1 aliphatic heterocycles. The smallest absolute Gasteiger partial charge is 0.320 e. The van der Waals surface area contributed by atoms with E-state index in [1.165, 1.54) is 0 Å². The van der Waals surface area contributed by atoms with Crippen molar-refractivity contribution in [1.82, 2.24) is 4.90 Å². The third-order valence-corrected chi connectivity index (χ3v) is 2.98. The summed E-state index contributed by atoms with van der Waals surface area (Å²) >= 11 is 0. The Morgan fingerprint density at radius 2 is 1.84 bits per heavy atom. The lowest BCUT2D eigenvalue weighted by atomic mass is 9.93. The molecule has 0 amide bonds. The van der Waals surface area contributed by atoms with Gasteiger partial charge in [-0.15, -0.1) is 0 Å². The second kappa shape index (κ2) is 7.89. The molecule has 108 valence electrons. The number of likely N-dealkylation sites (tertiary alicyclic amines) is 1. The Hall–Kier alpha value is -1.43. The molecular weight excluding hydrogens is 250 g/mol. The Labute approximate surface area is 113 Å². The van der Waals surface area contributed by atoms with E-state index in [1.807, 2.05) is 4.90 Å². The van der Waals surface area contributed by atoms with Gasteiger partial charge in [0, 0.05) is 25.4 Å². The van der Waals surface area contributed by atoms with Crippen molar-refractivity contribution in [3.05, 3.63) is 0 Å². The molecule has 1 saturated heterocycles. The molecule has 0 aromatic carbocycles. The molecule has 0 radical (unpaired) electrons. The summed E-state index contributed by atoms with van der Waals surface area (Å²) in [6.07, 6.45) is 0.454. The predicted octanol–water partition coefficient (Wildman–Crippen LogP) is 0.394. The van der Waals surface area contributed by atoms with Gasteiger partial charge in [-0.1, -0.05) is 0 Å². The van der Waals surface area contributed by atoms with Crippen molar-refractivity contribution < 1.29 is 23.9 Å². The fourth-order valence-electron chi connectivity index (χ4n) is 2.11. The summed E-state index contributed by atoms with van der Waals surface area (Å²) in [5, 5.41) is 0. The zero-order chi connectivity index (χ0) is 14.3. The van der Waals surface area contributed by atoms with E-state index in [1.54, 1.807) is 13.8 Å². The highest BCUT2D eigenvalue weighted by atomic mass is 16.5. The summed E-state index contributed by atoms with van der Waals surface area (Å²) < 4.78 is 9.72. The molecule has 0 spiro atoms. The number of nitrogens with zero attached hydrogens (tertiary/aromatic N) is 1. The highest BCUT2D eigenvalue weighted by Gasteiger charge is 2.30. The van der Waals surface area contributed by atoms with Gasteiger partial charge in [0.05, 0.1) is 26.2 Å². The van der Waals surface area contributed by atoms with Crippen LogP contribution in [-0.4, -0.2) is 55.5 Å². The van der Waals surface area contributed by atoms with Crippen LogP contribution in [0.15, 0.2) is 0 Å². The van der Waals surface area contributed by atoms with Crippen LogP contribution in [0.2, 0.25) is 0 Å². The lowest BCUT2D eigenvalue weighted by Crippen LogP contribution is -2.44. The van der Waals surface area contributed by atoms with E-state index in [-0.39, 0.29) is 36.6 Å². The summed E-state index contributed by atoms with van der Waals surface area (Å²) in [7, 11) is 0. The summed E-state index contributed by atoms with van der Waals surface area (Å²) in [5.74, 6) is -0.971. The van der Waals surface area contributed by atoms with Crippen LogP contribution in [0.5, 0.6) is 0 Å². The maximum absolute atomic E-state index is 11.7. The van der Waals surface area contributed by atoms with Crippen molar-refractivity contribution in [3.63, 3.8) is 0 Å². The van der Waals surface area contributed by atoms with Crippen LogP contribution in [0.4, 0.5) is 0 Å². The van der Waals surface area contributed by atoms with Gasteiger partial charge in [-0.3, -0.25) is 19.3 Å². The van der Waals surface area contributed by atoms with Crippen molar-refractivity contribution >= 4 is 17.7 Å². The number of Topliss-reactive ketones (excluding diaryl/α,β-unsaturated/α-hetero) is 1. The first kappa shape index (κ1) is 15.6. The number of carbonyl (C=O) groups excluding carboxylic acids is 3. The average Bonchev–Trinajstić information content (AvgIpc) is 2.34. The summed E-state index contributed by atoms with van der Waals surface area (Å²) in [6, 6.07) is 0. The number of rotatable bonds is 6. The number of hydrogen-bond acceptors (Lipinski definition) is 6. The van der Waals surface area contributed by atoms with E-state index in [4.69, 9.17) is 9.47 Å². The van der Waals surface area contributed by atoms with Crippen LogP contribution in [0, 0.1) is 5.92 Å². The first-order valence-electron chi connectivity index (χ1n) is 6.63. The zero-order valence-electron chi connectivity index (χ0n) is 11.5. The maximum atomic E-state index is 11.7. The van der Waals surface area contributed by atoms with Crippen LogP contribution in [0.3, 0.4) is 0 Å². The molecule has 0 aromatic rings. The standard InChI is InChI=1S/C13H21NO5/c1-3-18-12(16)7-10-8-14(6-5-11(10)15)9-13(17)19-4-2/h10H,3-9H2,1-2H3. The number of piperidine rings is 1. The van der Waals surface area contributed by atoms with Crippen molar-refractivity contribution in [2.45, 2.75) is 26.7 Å². The van der Waals surface area contributed by atoms with Crippen LogP contribution in [0.25, 0.3) is 0 Å². The van der Waals surface area contributed by atoms with Crippen LogP contribution >= 0.6 is 0 Å². The van der Waals surface area contributed by atoms with Gasteiger partial charge in [0.25, 0.3) is 0 Å². The maximum Gasteiger partial charge on any atom is 0.320 e. The Morgan fingerprint density at radius 1 is 1.21 bits per heavy atom. The predicted molar refractivity (Wildman–Crippen MR) is 67.4 cm³/mol. The monoisotopic (exact) mass is 271 g/mol. The van der Waals surface area contributed by atoms with Crippen molar-refractivity contribution in [2.75, 3.05) is 32.8 Å². The summed E-state index contributed by atoms with van der Waals surface area (Å²) in [4.78, 5) is 36.4.